The Labute approximate surface area is 113 Å². The Kier molecular flexibility index (Phi) is 3.75. The highest BCUT2D eigenvalue weighted by atomic mass is 35.5. The van der Waals surface area contributed by atoms with Crippen LogP contribution in [-0.4, -0.2) is 22.1 Å². The third-order valence-corrected chi connectivity index (χ3v) is 3.32. The average Bonchev–Trinajstić information content (AvgIpc) is 2.63. The molecule has 19 heavy (non-hydrogen) atoms. The smallest absolute Gasteiger partial charge is 0.304 e. The lowest BCUT2D eigenvalue weighted by molar-refractivity contribution is -0.138. The topological polar surface area (TPSA) is 42.2 Å². The summed E-state index contributed by atoms with van der Waals surface area (Å²) in [6, 6.07) is 4.92. The second-order valence-corrected chi connectivity index (χ2v) is 4.83. The van der Waals surface area contributed by atoms with Gasteiger partial charge in [-0.3, -0.25) is 4.79 Å². The fraction of sp³-hybridized carbons (Fsp3) is 0.308. The van der Waals surface area contributed by atoms with Crippen LogP contribution >= 0.6 is 11.6 Å². The average molecular weight is 288 g/mol. The molecule has 0 amide bonds. The number of carboxylic acid groups (broad SMARTS) is 1. The van der Waals surface area contributed by atoms with E-state index in [-0.39, 0.29) is 0 Å². The van der Waals surface area contributed by atoms with Crippen LogP contribution in [0.3, 0.4) is 0 Å². The molecule has 0 fully saturated rings. The second-order valence-electron chi connectivity index (χ2n) is 4.40. The summed E-state index contributed by atoms with van der Waals surface area (Å²) >= 11 is 5.87. The van der Waals surface area contributed by atoms with Crippen LogP contribution in [0.2, 0.25) is 5.02 Å². The highest BCUT2D eigenvalue weighted by molar-refractivity contribution is 6.31. The molecule has 2 aromatic rings. The number of benzene rings is 1. The van der Waals surface area contributed by atoms with Gasteiger partial charge in [-0.2, -0.15) is 0 Å². The molecular formula is C13H12ClF2NO2. The largest absolute Gasteiger partial charge is 0.481 e. The Balaban J connectivity index is 2.57. The Bertz CT molecular complexity index is 624. The molecule has 0 bridgehead atoms. The van der Waals surface area contributed by atoms with Gasteiger partial charge in [-0.15, -0.1) is 0 Å². The summed E-state index contributed by atoms with van der Waals surface area (Å²) in [5, 5.41) is 9.87. The fourth-order valence-electron chi connectivity index (χ4n) is 2.21. The van der Waals surface area contributed by atoms with Gasteiger partial charge in [-0.25, -0.2) is 8.78 Å². The summed E-state index contributed by atoms with van der Waals surface area (Å²) < 4.78 is 27.8. The van der Waals surface area contributed by atoms with E-state index in [1.807, 2.05) is 0 Å². The summed E-state index contributed by atoms with van der Waals surface area (Å²) in [5.41, 5.74) is 1.05. The maximum atomic E-state index is 13.1. The Morgan fingerprint density at radius 3 is 2.74 bits per heavy atom. The molecule has 1 heterocycles. The van der Waals surface area contributed by atoms with Crippen LogP contribution in [0.15, 0.2) is 24.4 Å². The van der Waals surface area contributed by atoms with Crippen LogP contribution in [0.5, 0.6) is 0 Å². The van der Waals surface area contributed by atoms with Gasteiger partial charge < -0.3 is 9.67 Å². The number of aromatic nitrogens is 1. The second kappa shape index (κ2) is 5.17. The van der Waals surface area contributed by atoms with Gasteiger partial charge in [0.05, 0.1) is 12.3 Å². The minimum absolute atomic E-state index is 0.339. The first kappa shape index (κ1) is 13.8. The molecule has 0 saturated heterocycles. The van der Waals surface area contributed by atoms with E-state index in [0.717, 1.165) is 0 Å². The molecule has 0 aliphatic heterocycles. The molecular weight excluding hydrogens is 276 g/mol. The first-order chi connectivity index (χ1) is 8.90. The van der Waals surface area contributed by atoms with Gasteiger partial charge in [0.1, 0.15) is 0 Å². The molecule has 3 nitrogen and oxygen atoms in total. The highest BCUT2D eigenvalue weighted by Gasteiger charge is 2.28. The standard InChI is InChI=1S/C13H12ClF2NO2/c1-17-6-10(9(13(15)16)5-12(18)19)8-3-2-7(14)4-11(8)17/h2-4,6,9,13H,5H2,1H3,(H,18,19). The molecule has 6 heteroatoms. The summed E-state index contributed by atoms with van der Waals surface area (Å²) in [6.07, 6.45) is -1.78. The van der Waals surface area contributed by atoms with E-state index in [0.29, 0.717) is 21.5 Å². The number of alkyl halides is 2. The summed E-state index contributed by atoms with van der Waals surface area (Å²) in [5.74, 6) is -2.56. The SMILES string of the molecule is Cn1cc(C(CC(=O)O)C(F)F)c2ccc(Cl)cc21. The third kappa shape index (κ3) is 2.71. The predicted octanol–water partition coefficient (Wildman–Crippen LogP) is 3.66. The molecule has 1 atom stereocenters. The molecule has 0 saturated carbocycles. The van der Waals surface area contributed by atoms with Gasteiger partial charge in [-0.05, 0) is 17.7 Å². The summed E-state index contributed by atoms with van der Waals surface area (Å²) in [4.78, 5) is 10.7. The first-order valence-corrected chi connectivity index (χ1v) is 6.02. The van der Waals surface area contributed by atoms with Crippen LogP contribution in [0.25, 0.3) is 10.9 Å². The highest BCUT2D eigenvalue weighted by Crippen LogP contribution is 2.34. The van der Waals surface area contributed by atoms with Crippen molar-refractivity contribution < 1.29 is 18.7 Å². The Morgan fingerprint density at radius 1 is 1.47 bits per heavy atom. The van der Waals surface area contributed by atoms with Crippen molar-refractivity contribution in [3.05, 3.63) is 35.0 Å². The van der Waals surface area contributed by atoms with Crippen molar-refractivity contribution in [2.24, 2.45) is 7.05 Å². The fourth-order valence-corrected chi connectivity index (χ4v) is 2.37. The molecule has 0 aliphatic carbocycles. The zero-order valence-corrected chi connectivity index (χ0v) is 10.9. The quantitative estimate of drug-likeness (QED) is 0.932. The zero-order chi connectivity index (χ0) is 14.2. The van der Waals surface area contributed by atoms with E-state index >= 15 is 0 Å². The van der Waals surface area contributed by atoms with E-state index in [2.05, 4.69) is 0 Å². The third-order valence-electron chi connectivity index (χ3n) is 3.08. The van der Waals surface area contributed by atoms with Gasteiger partial charge in [-0.1, -0.05) is 17.7 Å². The van der Waals surface area contributed by atoms with Gasteiger partial charge in [0.2, 0.25) is 6.43 Å². The van der Waals surface area contributed by atoms with Gasteiger partial charge >= 0.3 is 5.97 Å². The molecule has 1 N–H and O–H groups in total. The zero-order valence-electron chi connectivity index (χ0n) is 10.1. The minimum atomic E-state index is -2.72. The molecule has 1 aromatic carbocycles. The van der Waals surface area contributed by atoms with Crippen molar-refractivity contribution in [2.75, 3.05) is 0 Å². The van der Waals surface area contributed by atoms with Crippen molar-refractivity contribution >= 4 is 28.5 Å². The van der Waals surface area contributed by atoms with Crippen LogP contribution in [-0.2, 0) is 11.8 Å². The number of carboxylic acids is 1. The lowest BCUT2D eigenvalue weighted by atomic mass is 9.96. The molecule has 1 aromatic heterocycles. The summed E-state index contributed by atoms with van der Waals surface area (Å²) in [6.45, 7) is 0. The van der Waals surface area contributed by atoms with Crippen molar-refractivity contribution in [3.8, 4) is 0 Å². The molecule has 2 rings (SSSR count). The van der Waals surface area contributed by atoms with Gasteiger partial charge in [0, 0.05) is 29.2 Å². The van der Waals surface area contributed by atoms with E-state index in [9.17, 15) is 13.6 Å². The molecule has 1 unspecified atom stereocenters. The van der Waals surface area contributed by atoms with E-state index in [4.69, 9.17) is 16.7 Å². The Morgan fingerprint density at radius 2 is 2.16 bits per heavy atom. The maximum Gasteiger partial charge on any atom is 0.304 e. The molecule has 0 radical (unpaired) electrons. The summed E-state index contributed by atoms with van der Waals surface area (Å²) in [7, 11) is 1.71. The number of hydrogen-bond acceptors (Lipinski definition) is 1. The molecule has 0 aliphatic rings. The van der Waals surface area contributed by atoms with E-state index < -0.39 is 24.7 Å². The number of aliphatic carboxylic acids is 1. The van der Waals surface area contributed by atoms with E-state index in [1.165, 1.54) is 0 Å². The number of rotatable bonds is 4. The van der Waals surface area contributed by atoms with Crippen LogP contribution in [0.4, 0.5) is 8.78 Å². The predicted molar refractivity (Wildman–Crippen MR) is 68.9 cm³/mol. The number of aryl methyl sites for hydroxylation is 1. The lowest BCUT2D eigenvalue weighted by Gasteiger charge is -2.12. The van der Waals surface area contributed by atoms with Crippen LogP contribution in [0, 0.1) is 0 Å². The number of hydrogen-bond donors (Lipinski definition) is 1. The maximum absolute atomic E-state index is 13.1. The normalized spacial score (nSPS) is 13.1. The number of fused-ring (bicyclic) bond motifs is 1. The number of nitrogens with zero attached hydrogens (tertiary/aromatic N) is 1. The van der Waals surface area contributed by atoms with Gasteiger partial charge in [0.15, 0.2) is 0 Å². The monoisotopic (exact) mass is 287 g/mol. The van der Waals surface area contributed by atoms with Crippen LogP contribution in [0.1, 0.15) is 17.9 Å². The van der Waals surface area contributed by atoms with Crippen molar-refractivity contribution in [1.29, 1.82) is 0 Å². The Hall–Kier alpha value is -1.62. The first-order valence-electron chi connectivity index (χ1n) is 5.64. The molecule has 0 spiro atoms. The van der Waals surface area contributed by atoms with Crippen molar-refractivity contribution in [3.63, 3.8) is 0 Å². The number of halogens is 3. The van der Waals surface area contributed by atoms with Crippen molar-refractivity contribution in [1.82, 2.24) is 4.57 Å². The van der Waals surface area contributed by atoms with Crippen molar-refractivity contribution in [2.45, 2.75) is 18.8 Å². The lowest BCUT2D eigenvalue weighted by Crippen LogP contribution is -2.13. The van der Waals surface area contributed by atoms with Crippen LogP contribution < -0.4 is 0 Å². The van der Waals surface area contributed by atoms with Gasteiger partial charge in [0.25, 0.3) is 0 Å². The molecule has 102 valence electrons. The minimum Gasteiger partial charge on any atom is -0.481 e. The van der Waals surface area contributed by atoms with E-state index in [1.54, 1.807) is 36.0 Å². The number of carbonyl (C=O) groups is 1.